The van der Waals surface area contributed by atoms with Gasteiger partial charge in [-0.3, -0.25) is 4.90 Å². The Hall–Kier alpha value is -2.77. The minimum atomic E-state index is -0.611. The first-order chi connectivity index (χ1) is 14.6. The molecular weight excluding hydrogens is 382 g/mol. The summed E-state index contributed by atoms with van der Waals surface area (Å²) in [5.74, 6) is 1.26. The number of amides is 2. The van der Waals surface area contributed by atoms with E-state index in [-0.39, 0.29) is 12.1 Å². The highest BCUT2D eigenvalue weighted by Crippen LogP contribution is 2.32. The Kier molecular flexibility index (Phi) is 6.11. The van der Waals surface area contributed by atoms with E-state index in [1.165, 1.54) is 0 Å². The molecule has 2 aromatic rings. The molecule has 0 aromatic heterocycles. The molecule has 0 saturated carbocycles. The highest BCUT2D eigenvalue weighted by Gasteiger charge is 2.33. The fraction of sp³-hybridized carbons (Fsp3) is 0.435. The van der Waals surface area contributed by atoms with Gasteiger partial charge in [0.15, 0.2) is 11.5 Å². The molecule has 160 valence electrons. The van der Waals surface area contributed by atoms with Gasteiger partial charge in [-0.2, -0.15) is 0 Å². The minimum absolute atomic E-state index is 0.0162. The lowest BCUT2D eigenvalue weighted by atomic mass is 9.99. The van der Waals surface area contributed by atoms with Crippen LogP contribution in [0.3, 0.4) is 0 Å². The molecule has 0 aliphatic carbocycles. The molecule has 2 heterocycles. The quantitative estimate of drug-likeness (QED) is 0.765. The van der Waals surface area contributed by atoms with Gasteiger partial charge in [-0.1, -0.05) is 24.3 Å². The molecule has 2 amide bonds. The fourth-order valence-corrected chi connectivity index (χ4v) is 4.39. The topological polar surface area (TPSA) is 74.3 Å². The van der Waals surface area contributed by atoms with Crippen LogP contribution in [0.2, 0.25) is 0 Å². The van der Waals surface area contributed by atoms with Gasteiger partial charge in [-0.05, 0) is 42.2 Å². The van der Waals surface area contributed by atoms with Crippen molar-refractivity contribution in [3.63, 3.8) is 0 Å². The number of hydrogen-bond acceptors (Lipinski definition) is 5. The molecule has 1 atom stereocenters. The van der Waals surface area contributed by atoms with Gasteiger partial charge in [0.2, 0.25) is 0 Å². The molecule has 7 nitrogen and oxygen atoms in total. The summed E-state index contributed by atoms with van der Waals surface area (Å²) in [6.45, 7) is 2.80. The molecule has 1 fully saturated rings. The van der Waals surface area contributed by atoms with Gasteiger partial charge in [0, 0.05) is 32.2 Å². The van der Waals surface area contributed by atoms with Crippen molar-refractivity contribution in [3.05, 3.63) is 53.6 Å². The molecule has 2 aliphatic rings. The summed E-state index contributed by atoms with van der Waals surface area (Å²) in [4.78, 5) is 16.7. The number of methoxy groups -OCH3 is 2. The number of urea groups is 1. The molecule has 7 heteroatoms. The van der Waals surface area contributed by atoms with Crippen LogP contribution in [0.4, 0.5) is 10.5 Å². The summed E-state index contributed by atoms with van der Waals surface area (Å²) in [5, 5.41) is 13.7. The number of hydrogen-bond donors (Lipinski definition) is 2. The highest BCUT2D eigenvalue weighted by atomic mass is 16.5. The Labute approximate surface area is 177 Å². The number of piperidine rings is 1. The molecule has 0 spiro atoms. The first kappa shape index (κ1) is 20.5. The van der Waals surface area contributed by atoms with Gasteiger partial charge in [-0.25, -0.2) is 4.79 Å². The Morgan fingerprint density at radius 2 is 1.83 bits per heavy atom. The second-order valence-corrected chi connectivity index (χ2v) is 7.82. The minimum Gasteiger partial charge on any atom is -0.493 e. The second-order valence-electron chi connectivity index (χ2n) is 7.82. The van der Waals surface area contributed by atoms with Crippen molar-refractivity contribution in [3.8, 4) is 11.5 Å². The van der Waals surface area contributed by atoms with Gasteiger partial charge in [0.05, 0.1) is 26.0 Å². The lowest BCUT2D eigenvalue weighted by molar-refractivity contribution is 0.0968. The van der Waals surface area contributed by atoms with Crippen LogP contribution in [0.25, 0.3) is 0 Å². The van der Waals surface area contributed by atoms with E-state index in [4.69, 9.17) is 9.47 Å². The number of rotatable bonds is 6. The van der Waals surface area contributed by atoms with Crippen molar-refractivity contribution >= 4 is 11.7 Å². The smallest absolute Gasteiger partial charge is 0.322 e. The van der Waals surface area contributed by atoms with Gasteiger partial charge in [0.1, 0.15) is 0 Å². The third kappa shape index (κ3) is 4.08. The summed E-state index contributed by atoms with van der Waals surface area (Å²) in [6.07, 6.45) is 1.14. The molecule has 0 bridgehead atoms. The summed E-state index contributed by atoms with van der Waals surface area (Å²) in [6, 6.07) is 13.7. The summed E-state index contributed by atoms with van der Waals surface area (Å²) >= 11 is 0. The standard InChI is InChI=1S/C23H29N3O4/c1-29-21-8-7-16(13-22(21)30-2)20(27)15-25-11-9-18(10-12-25)26-19-6-4-3-5-17(19)14-24-23(26)28/h3-8,13,18,20,27H,9-12,14-15H2,1-2H3,(H,24,28). The Bertz CT molecular complexity index is 896. The number of aliphatic hydroxyl groups excluding tert-OH is 1. The van der Waals surface area contributed by atoms with E-state index in [2.05, 4.69) is 16.3 Å². The molecule has 4 rings (SSSR count). The molecule has 30 heavy (non-hydrogen) atoms. The maximum atomic E-state index is 12.6. The molecular formula is C23H29N3O4. The van der Waals surface area contributed by atoms with Gasteiger partial charge < -0.3 is 24.8 Å². The number of carbonyl (C=O) groups is 1. The Morgan fingerprint density at radius 1 is 1.10 bits per heavy atom. The van der Waals surface area contributed by atoms with Crippen molar-refractivity contribution in [2.75, 3.05) is 38.8 Å². The predicted molar refractivity (Wildman–Crippen MR) is 115 cm³/mol. The van der Waals surface area contributed by atoms with Crippen molar-refractivity contribution in [1.29, 1.82) is 0 Å². The van der Waals surface area contributed by atoms with Crippen molar-refractivity contribution in [2.24, 2.45) is 0 Å². The number of nitrogens with one attached hydrogen (secondary N) is 1. The maximum absolute atomic E-state index is 12.6. The largest absolute Gasteiger partial charge is 0.493 e. The number of anilines is 1. The van der Waals surface area contributed by atoms with E-state index in [9.17, 15) is 9.90 Å². The third-order valence-corrected chi connectivity index (χ3v) is 6.05. The van der Waals surface area contributed by atoms with E-state index < -0.39 is 6.10 Å². The van der Waals surface area contributed by atoms with E-state index in [0.717, 1.165) is 42.7 Å². The number of fused-ring (bicyclic) bond motifs is 1. The van der Waals surface area contributed by atoms with Crippen LogP contribution in [0.15, 0.2) is 42.5 Å². The number of carbonyl (C=O) groups excluding carboxylic acids is 1. The first-order valence-corrected chi connectivity index (χ1v) is 10.4. The molecule has 0 radical (unpaired) electrons. The summed E-state index contributed by atoms with van der Waals surface area (Å²) in [7, 11) is 3.19. The molecule has 2 aliphatic heterocycles. The molecule has 1 saturated heterocycles. The normalized spacial score (nSPS) is 18.5. The predicted octanol–water partition coefficient (Wildman–Crippen LogP) is 2.93. The Morgan fingerprint density at radius 3 is 2.57 bits per heavy atom. The average molecular weight is 412 g/mol. The van der Waals surface area contributed by atoms with Crippen molar-refractivity contribution in [1.82, 2.24) is 10.2 Å². The van der Waals surface area contributed by atoms with Crippen LogP contribution in [0.1, 0.15) is 30.1 Å². The van der Waals surface area contributed by atoms with Gasteiger partial charge in [-0.15, -0.1) is 0 Å². The van der Waals surface area contributed by atoms with Crippen LogP contribution < -0.4 is 19.7 Å². The van der Waals surface area contributed by atoms with Crippen LogP contribution in [-0.2, 0) is 6.54 Å². The maximum Gasteiger partial charge on any atom is 0.322 e. The van der Waals surface area contributed by atoms with Crippen LogP contribution >= 0.6 is 0 Å². The lowest BCUT2D eigenvalue weighted by Gasteiger charge is -2.41. The van der Waals surface area contributed by atoms with Gasteiger partial charge in [0.25, 0.3) is 0 Å². The molecule has 2 aromatic carbocycles. The number of β-amino-alcohol motifs (C(OH)–C–C–N with tert-alkyl or cyclic N) is 1. The number of ether oxygens (including phenoxy) is 2. The SMILES string of the molecule is COc1ccc(C(O)CN2CCC(N3C(=O)NCc4ccccc43)CC2)cc1OC. The van der Waals surface area contributed by atoms with E-state index >= 15 is 0 Å². The average Bonchev–Trinajstić information content (AvgIpc) is 2.79. The highest BCUT2D eigenvalue weighted by molar-refractivity contribution is 5.95. The van der Waals surface area contributed by atoms with Crippen molar-refractivity contribution < 1.29 is 19.4 Å². The summed E-state index contributed by atoms with van der Waals surface area (Å²) < 4.78 is 10.6. The third-order valence-electron chi connectivity index (χ3n) is 6.05. The van der Waals surface area contributed by atoms with E-state index in [1.54, 1.807) is 14.2 Å². The van der Waals surface area contributed by atoms with Crippen LogP contribution in [0, 0.1) is 0 Å². The number of aliphatic hydroxyl groups is 1. The lowest BCUT2D eigenvalue weighted by Crippen LogP contribution is -2.53. The fourth-order valence-electron chi connectivity index (χ4n) is 4.39. The Balaban J connectivity index is 1.38. The summed E-state index contributed by atoms with van der Waals surface area (Å²) in [5.41, 5.74) is 2.98. The molecule has 1 unspecified atom stereocenters. The van der Waals surface area contributed by atoms with Gasteiger partial charge >= 0.3 is 6.03 Å². The second kappa shape index (κ2) is 8.93. The van der Waals surface area contributed by atoms with Crippen LogP contribution in [0.5, 0.6) is 11.5 Å². The zero-order valence-corrected chi connectivity index (χ0v) is 17.5. The van der Waals surface area contributed by atoms with E-state index in [0.29, 0.717) is 24.6 Å². The van der Waals surface area contributed by atoms with Crippen molar-refractivity contribution in [2.45, 2.75) is 31.5 Å². The number of benzene rings is 2. The zero-order valence-electron chi connectivity index (χ0n) is 17.5. The number of nitrogens with zero attached hydrogens (tertiary/aromatic N) is 2. The zero-order chi connectivity index (χ0) is 21.1. The monoisotopic (exact) mass is 411 g/mol. The van der Waals surface area contributed by atoms with Crippen LogP contribution in [-0.4, -0.2) is 55.9 Å². The first-order valence-electron chi connectivity index (χ1n) is 10.4. The number of para-hydroxylation sites is 1. The molecule has 2 N–H and O–H groups in total. The van der Waals surface area contributed by atoms with E-state index in [1.807, 2.05) is 41.3 Å². The number of likely N-dealkylation sites (tertiary alicyclic amines) is 1.